The summed E-state index contributed by atoms with van der Waals surface area (Å²) in [6.45, 7) is 6.16. The van der Waals surface area contributed by atoms with E-state index in [0.29, 0.717) is 17.0 Å². The van der Waals surface area contributed by atoms with Gasteiger partial charge in [-0.15, -0.1) is 0 Å². The van der Waals surface area contributed by atoms with Crippen LogP contribution < -0.4 is 11.1 Å². The van der Waals surface area contributed by atoms with Crippen LogP contribution in [0, 0.1) is 0 Å². The van der Waals surface area contributed by atoms with Gasteiger partial charge in [-0.2, -0.15) is 0 Å². The van der Waals surface area contributed by atoms with Gasteiger partial charge in [0.15, 0.2) is 11.5 Å². The first kappa shape index (κ1) is 13.3. The molecule has 19 heavy (non-hydrogen) atoms. The molecule has 2 heterocycles. The Labute approximate surface area is 111 Å². The predicted octanol–water partition coefficient (Wildman–Crippen LogP) is 0.713. The molecule has 0 spiro atoms. The second-order valence-corrected chi connectivity index (χ2v) is 5.09. The monoisotopic (exact) mass is 262 g/mol. The van der Waals surface area contributed by atoms with Gasteiger partial charge in [-0.1, -0.05) is 6.92 Å². The van der Waals surface area contributed by atoms with E-state index in [0.717, 1.165) is 6.42 Å². The molecule has 2 aromatic heterocycles. The molecule has 3 N–H and O–H groups in total. The molecule has 7 nitrogen and oxygen atoms in total. The van der Waals surface area contributed by atoms with Crippen LogP contribution in [0.4, 0.5) is 5.82 Å². The number of hydrogen-bond acceptors (Lipinski definition) is 5. The molecule has 0 radical (unpaired) electrons. The van der Waals surface area contributed by atoms with Crippen molar-refractivity contribution >= 4 is 22.9 Å². The maximum Gasteiger partial charge on any atom is 0.240 e. The molecule has 1 amide bonds. The second-order valence-electron chi connectivity index (χ2n) is 5.09. The Bertz CT molecular complexity index is 603. The highest BCUT2D eigenvalue weighted by Gasteiger charge is 2.18. The number of nitrogens with two attached hydrogens (primary N) is 1. The van der Waals surface area contributed by atoms with Crippen LogP contribution in [0.5, 0.6) is 0 Å². The van der Waals surface area contributed by atoms with Crippen LogP contribution in [0.25, 0.3) is 11.2 Å². The van der Waals surface area contributed by atoms with Crippen molar-refractivity contribution in [3.63, 3.8) is 0 Å². The lowest BCUT2D eigenvalue weighted by Crippen LogP contribution is -2.44. The van der Waals surface area contributed by atoms with E-state index in [1.165, 1.54) is 6.33 Å². The molecule has 0 aliphatic rings. The average molecular weight is 262 g/mol. The van der Waals surface area contributed by atoms with Crippen molar-refractivity contribution in [3.05, 3.63) is 12.7 Å². The molecular weight excluding hydrogens is 244 g/mol. The van der Waals surface area contributed by atoms with Gasteiger partial charge in [0.1, 0.15) is 18.4 Å². The Morgan fingerprint density at radius 2 is 2.16 bits per heavy atom. The molecule has 0 saturated heterocycles. The summed E-state index contributed by atoms with van der Waals surface area (Å²) in [6, 6.07) is 0. The summed E-state index contributed by atoms with van der Waals surface area (Å²) in [5.74, 6) is 0.237. The standard InChI is InChI=1S/C12H18N6O/c1-4-12(2,3)17-8(19)5-18-7-16-9-10(13)14-6-15-11(9)18/h6-7H,4-5H2,1-3H3,(H,17,19)(H2,13,14,15). The normalized spacial score (nSPS) is 11.7. The maximum absolute atomic E-state index is 12.0. The highest BCUT2D eigenvalue weighted by atomic mass is 16.2. The lowest BCUT2D eigenvalue weighted by Gasteiger charge is -2.24. The Hall–Kier alpha value is -2.18. The first-order chi connectivity index (χ1) is 8.93. The van der Waals surface area contributed by atoms with Gasteiger partial charge >= 0.3 is 0 Å². The molecule has 0 aromatic carbocycles. The fourth-order valence-electron chi connectivity index (χ4n) is 1.67. The molecule has 0 unspecified atom stereocenters. The number of aromatic nitrogens is 4. The highest BCUT2D eigenvalue weighted by Crippen LogP contribution is 2.14. The summed E-state index contributed by atoms with van der Waals surface area (Å²) >= 11 is 0. The van der Waals surface area contributed by atoms with Crippen LogP contribution >= 0.6 is 0 Å². The largest absolute Gasteiger partial charge is 0.382 e. The van der Waals surface area contributed by atoms with Crippen LogP contribution in [0.3, 0.4) is 0 Å². The Balaban J connectivity index is 2.18. The van der Waals surface area contributed by atoms with Crippen molar-refractivity contribution in [1.29, 1.82) is 0 Å². The number of carbonyl (C=O) groups excluding carboxylic acids is 1. The SMILES string of the molecule is CCC(C)(C)NC(=O)Cn1cnc2c(N)ncnc21. The number of hydrogen-bond donors (Lipinski definition) is 2. The smallest absolute Gasteiger partial charge is 0.240 e. The minimum Gasteiger partial charge on any atom is -0.382 e. The van der Waals surface area contributed by atoms with E-state index in [1.54, 1.807) is 10.9 Å². The third-order valence-electron chi connectivity index (χ3n) is 3.11. The number of nitrogens with zero attached hydrogens (tertiary/aromatic N) is 4. The van der Waals surface area contributed by atoms with E-state index in [2.05, 4.69) is 20.3 Å². The number of rotatable bonds is 4. The summed E-state index contributed by atoms with van der Waals surface area (Å²) in [5, 5.41) is 2.96. The lowest BCUT2D eigenvalue weighted by molar-refractivity contribution is -0.123. The van der Waals surface area contributed by atoms with Crippen LogP contribution in [0.15, 0.2) is 12.7 Å². The van der Waals surface area contributed by atoms with E-state index in [-0.39, 0.29) is 18.0 Å². The van der Waals surface area contributed by atoms with E-state index >= 15 is 0 Å². The van der Waals surface area contributed by atoms with Crippen LogP contribution in [0.1, 0.15) is 27.2 Å². The molecule has 7 heteroatoms. The predicted molar refractivity (Wildman–Crippen MR) is 72.2 cm³/mol. The summed E-state index contributed by atoms with van der Waals surface area (Å²) in [7, 11) is 0. The molecule has 2 aromatic rings. The number of nitrogens with one attached hydrogen (secondary N) is 1. The van der Waals surface area contributed by atoms with Gasteiger partial charge in [-0.3, -0.25) is 4.79 Å². The molecule has 2 rings (SSSR count). The van der Waals surface area contributed by atoms with Gasteiger partial charge in [0.25, 0.3) is 0 Å². The number of amides is 1. The quantitative estimate of drug-likeness (QED) is 0.845. The Morgan fingerprint density at radius 3 is 2.84 bits per heavy atom. The summed E-state index contributed by atoms with van der Waals surface area (Å²) in [6.07, 6.45) is 3.77. The van der Waals surface area contributed by atoms with E-state index in [4.69, 9.17) is 5.73 Å². The topological polar surface area (TPSA) is 98.7 Å². The number of anilines is 1. The van der Waals surface area contributed by atoms with Crippen molar-refractivity contribution in [2.75, 3.05) is 5.73 Å². The van der Waals surface area contributed by atoms with Crippen LogP contribution in [-0.4, -0.2) is 31.0 Å². The minimum atomic E-state index is -0.221. The van der Waals surface area contributed by atoms with E-state index in [1.807, 2.05) is 20.8 Å². The van der Waals surface area contributed by atoms with Crippen molar-refractivity contribution in [3.8, 4) is 0 Å². The zero-order chi connectivity index (χ0) is 14.0. The maximum atomic E-state index is 12.0. The zero-order valence-electron chi connectivity index (χ0n) is 11.3. The summed E-state index contributed by atoms with van der Waals surface area (Å²) in [4.78, 5) is 24.1. The minimum absolute atomic E-state index is 0.0802. The van der Waals surface area contributed by atoms with Crippen molar-refractivity contribution in [2.24, 2.45) is 0 Å². The van der Waals surface area contributed by atoms with Gasteiger partial charge in [0, 0.05) is 5.54 Å². The third kappa shape index (κ3) is 2.81. The molecule has 0 bridgehead atoms. The number of carbonyl (C=O) groups is 1. The van der Waals surface area contributed by atoms with E-state index in [9.17, 15) is 4.79 Å². The average Bonchev–Trinajstić information content (AvgIpc) is 2.73. The van der Waals surface area contributed by atoms with Gasteiger partial charge in [-0.25, -0.2) is 15.0 Å². The van der Waals surface area contributed by atoms with Crippen LogP contribution in [0.2, 0.25) is 0 Å². The van der Waals surface area contributed by atoms with Crippen molar-refractivity contribution < 1.29 is 4.79 Å². The van der Waals surface area contributed by atoms with Gasteiger partial charge < -0.3 is 15.6 Å². The molecule has 0 fully saturated rings. The molecule has 0 aliphatic carbocycles. The zero-order valence-corrected chi connectivity index (χ0v) is 11.3. The fourth-order valence-corrected chi connectivity index (χ4v) is 1.67. The lowest BCUT2D eigenvalue weighted by atomic mass is 10.0. The molecular formula is C12H18N6O. The highest BCUT2D eigenvalue weighted by molar-refractivity contribution is 5.83. The summed E-state index contributed by atoms with van der Waals surface area (Å²) in [5.41, 5.74) is 6.56. The Morgan fingerprint density at radius 1 is 1.42 bits per heavy atom. The molecule has 102 valence electrons. The van der Waals surface area contributed by atoms with Gasteiger partial charge in [0.2, 0.25) is 5.91 Å². The van der Waals surface area contributed by atoms with Crippen LogP contribution in [-0.2, 0) is 11.3 Å². The third-order valence-corrected chi connectivity index (χ3v) is 3.11. The van der Waals surface area contributed by atoms with Crippen molar-refractivity contribution in [2.45, 2.75) is 39.3 Å². The molecule has 0 aliphatic heterocycles. The number of fused-ring (bicyclic) bond motifs is 1. The van der Waals surface area contributed by atoms with E-state index < -0.39 is 0 Å². The Kier molecular flexibility index (Phi) is 3.37. The number of imidazole rings is 1. The molecule has 0 atom stereocenters. The summed E-state index contributed by atoms with van der Waals surface area (Å²) < 4.78 is 1.66. The fraction of sp³-hybridized carbons (Fsp3) is 0.500. The first-order valence-corrected chi connectivity index (χ1v) is 6.15. The second kappa shape index (κ2) is 4.83. The molecule has 0 saturated carbocycles. The number of nitrogen functional groups attached to an aromatic ring is 1. The van der Waals surface area contributed by atoms with Gasteiger partial charge in [0.05, 0.1) is 6.33 Å². The first-order valence-electron chi connectivity index (χ1n) is 6.15. The van der Waals surface area contributed by atoms with Gasteiger partial charge in [-0.05, 0) is 20.3 Å². The van der Waals surface area contributed by atoms with Crippen molar-refractivity contribution in [1.82, 2.24) is 24.8 Å².